The van der Waals surface area contributed by atoms with Gasteiger partial charge in [0.25, 0.3) is 11.5 Å². The Morgan fingerprint density at radius 1 is 1.07 bits per heavy atom. The van der Waals surface area contributed by atoms with E-state index in [0.29, 0.717) is 25.7 Å². The van der Waals surface area contributed by atoms with Crippen molar-refractivity contribution in [2.45, 2.75) is 89.6 Å². The van der Waals surface area contributed by atoms with E-state index < -0.39 is 29.3 Å². The molecule has 0 bridgehead atoms. The summed E-state index contributed by atoms with van der Waals surface area (Å²) in [7, 11) is 0.880. The normalized spacial score (nSPS) is 15.7. The molecule has 30 heavy (non-hydrogen) atoms. The van der Waals surface area contributed by atoms with Crippen molar-refractivity contribution < 1.29 is 27.8 Å². The molecule has 0 aliphatic heterocycles. The van der Waals surface area contributed by atoms with Crippen molar-refractivity contribution in [2.75, 3.05) is 7.11 Å². The molecule has 0 saturated heterocycles. The standard InChI is InChI=1S/C23H36F3NO3/c1-6-8-15-21(29,16-9-7-2)19(17(3)4)27-20(28)22(30-5,23(24,25)26)18-13-11-10-12-14-18/h10-14,17,19,29H,6-9,15-16H2,1-5H3,(H,27,28)/t19-,22+/m0/s1. The lowest BCUT2D eigenvalue weighted by molar-refractivity contribution is -0.266. The highest BCUT2D eigenvalue weighted by molar-refractivity contribution is 5.88. The molecular weight excluding hydrogens is 395 g/mol. The Morgan fingerprint density at radius 3 is 1.93 bits per heavy atom. The van der Waals surface area contributed by atoms with Crippen LogP contribution >= 0.6 is 0 Å². The summed E-state index contributed by atoms with van der Waals surface area (Å²) in [6, 6.07) is 6.04. The van der Waals surface area contributed by atoms with Gasteiger partial charge in [-0.3, -0.25) is 4.79 Å². The topological polar surface area (TPSA) is 58.6 Å². The molecule has 2 N–H and O–H groups in total. The third kappa shape index (κ3) is 5.76. The lowest BCUT2D eigenvalue weighted by Crippen LogP contribution is -2.63. The molecule has 4 nitrogen and oxygen atoms in total. The van der Waals surface area contributed by atoms with E-state index in [1.54, 1.807) is 19.9 Å². The zero-order valence-electron chi connectivity index (χ0n) is 18.7. The van der Waals surface area contributed by atoms with Gasteiger partial charge in [0.15, 0.2) is 0 Å². The number of hydrogen-bond acceptors (Lipinski definition) is 3. The monoisotopic (exact) mass is 431 g/mol. The Morgan fingerprint density at radius 2 is 1.57 bits per heavy atom. The fourth-order valence-electron chi connectivity index (χ4n) is 3.99. The van der Waals surface area contributed by atoms with Crippen LogP contribution < -0.4 is 5.32 Å². The van der Waals surface area contributed by atoms with Gasteiger partial charge in [-0.05, 0) is 18.8 Å². The van der Waals surface area contributed by atoms with Crippen molar-refractivity contribution in [1.82, 2.24) is 5.32 Å². The maximum Gasteiger partial charge on any atom is 0.430 e. The van der Waals surface area contributed by atoms with Gasteiger partial charge in [-0.1, -0.05) is 83.7 Å². The van der Waals surface area contributed by atoms with E-state index >= 15 is 0 Å². The van der Waals surface area contributed by atoms with Crippen LogP contribution in [0.4, 0.5) is 13.2 Å². The minimum absolute atomic E-state index is 0.272. The number of nitrogens with one attached hydrogen (secondary N) is 1. The number of carbonyl (C=O) groups excluding carboxylic acids is 1. The molecule has 0 radical (unpaired) electrons. The highest BCUT2D eigenvalue weighted by atomic mass is 19.4. The van der Waals surface area contributed by atoms with Crippen molar-refractivity contribution in [1.29, 1.82) is 0 Å². The van der Waals surface area contributed by atoms with Gasteiger partial charge in [-0.2, -0.15) is 13.2 Å². The molecule has 1 amide bonds. The summed E-state index contributed by atoms with van der Waals surface area (Å²) in [5.74, 6) is -1.58. The van der Waals surface area contributed by atoms with Gasteiger partial charge in [0, 0.05) is 12.7 Å². The average Bonchev–Trinajstić information content (AvgIpc) is 2.69. The van der Waals surface area contributed by atoms with E-state index in [1.807, 2.05) is 13.8 Å². The number of rotatable bonds is 12. The predicted octanol–water partition coefficient (Wildman–Crippen LogP) is 5.34. The second-order valence-corrected chi connectivity index (χ2v) is 8.25. The predicted molar refractivity (Wildman–Crippen MR) is 112 cm³/mol. The molecule has 7 heteroatoms. The van der Waals surface area contributed by atoms with Gasteiger partial charge < -0.3 is 15.2 Å². The van der Waals surface area contributed by atoms with Crippen molar-refractivity contribution in [3.63, 3.8) is 0 Å². The van der Waals surface area contributed by atoms with Crippen LogP contribution in [0.1, 0.15) is 71.8 Å². The van der Waals surface area contributed by atoms with Crippen molar-refractivity contribution in [3.8, 4) is 0 Å². The van der Waals surface area contributed by atoms with Crippen molar-refractivity contribution >= 4 is 5.91 Å². The van der Waals surface area contributed by atoms with Crippen LogP contribution in [0.25, 0.3) is 0 Å². The minimum atomic E-state index is -4.99. The third-order valence-electron chi connectivity index (χ3n) is 5.66. The molecule has 0 unspecified atom stereocenters. The first kappa shape index (κ1) is 26.4. The Balaban J connectivity index is 3.40. The third-order valence-corrected chi connectivity index (χ3v) is 5.66. The zero-order valence-corrected chi connectivity index (χ0v) is 18.7. The molecule has 1 aromatic carbocycles. The lowest BCUT2D eigenvalue weighted by atomic mass is 9.78. The highest BCUT2D eigenvalue weighted by Gasteiger charge is 2.63. The summed E-state index contributed by atoms with van der Waals surface area (Å²) in [5.41, 5.74) is -4.75. The van der Waals surface area contributed by atoms with Gasteiger partial charge in [0.1, 0.15) is 0 Å². The molecule has 172 valence electrons. The van der Waals surface area contributed by atoms with Crippen LogP contribution in [-0.4, -0.2) is 35.9 Å². The maximum absolute atomic E-state index is 14.2. The zero-order chi connectivity index (χ0) is 23.0. The highest BCUT2D eigenvalue weighted by Crippen LogP contribution is 2.43. The van der Waals surface area contributed by atoms with Gasteiger partial charge in [0.2, 0.25) is 0 Å². The van der Waals surface area contributed by atoms with Crippen LogP contribution in [0, 0.1) is 5.92 Å². The van der Waals surface area contributed by atoms with Crippen LogP contribution in [0.3, 0.4) is 0 Å². The Bertz CT molecular complexity index is 641. The molecule has 0 aromatic heterocycles. The quantitative estimate of drug-likeness (QED) is 0.469. The summed E-state index contributed by atoms with van der Waals surface area (Å²) in [4.78, 5) is 13.2. The number of methoxy groups -OCH3 is 1. The van der Waals surface area contributed by atoms with E-state index in [1.165, 1.54) is 24.3 Å². The van der Waals surface area contributed by atoms with E-state index in [4.69, 9.17) is 4.74 Å². The molecule has 2 atom stereocenters. The second kappa shape index (κ2) is 11.1. The number of ether oxygens (including phenoxy) is 1. The molecule has 0 aliphatic carbocycles. The van der Waals surface area contributed by atoms with Gasteiger partial charge in [0.05, 0.1) is 11.6 Å². The average molecular weight is 432 g/mol. The Hall–Kier alpha value is -1.60. The van der Waals surface area contributed by atoms with E-state index in [0.717, 1.165) is 20.0 Å². The van der Waals surface area contributed by atoms with Crippen LogP contribution in [0.5, 0.6) is 0 Å². The number of benzene rings is 1. The molecule has 1 rings (SSSR count). The molecule has 0 aliphatic rings. The summed E-state index contributed by atoms with van der Waals surface area (Å²) in [5, 5.41) is 14.0. The number of carbonyl (C=O) groups is 1. The summed E-state index contributed by atoms with van der Waals surface area (Å²) in [6.07, 6.45) is -1.07. The summed E-state index contributed by atoms with van der Waals surface area (Å²) < 4.78 is 47.5. The largest absolute Gasteiger partial charge is 0.430 e. The SMILES string of the molecule is CCCCC(O)(CCCC)[C@@H](NC(=O)[C@](OC)(c1ccccc1)C(F)(F)F)C(C)C. The fourth-order valence-corrected chi connectivity index (χ4v) is 3.99. The molecule has 0 heterocycles. The number of aliphatic hydroxyl groups is 1. The fraction of sp³-hybridized carbons (Fsp3) is 0.696. The number of amides is 1. The first-order valence-electron chi connectivity index (χ1n) is 10.7. The number of hydrogen-bond donors (Lipinski definition) is 2. The molecule has 0 fully saturated rings. The first-order valence-corrected chi connectivity index (χ1v) is 10.7. The van der Waals surface area contributed by atoms with E-state index in [2.05, 4.69) is 5.32 Å². The number of alkyl halides is 3. The lowest BCUT2D eigenvalue weighted by Gasteiger charge is -2.42. The Labute approximate surface area is 178 Å². The van der Waals surface area contributed by atoms with Gasteiger partial charge >= 0.3 is 6.18 Å². The second-order valence-electron chi connectivity index (χ2n) is 8.25. The Kier molecular flexibility index (Phi) is 9.82. The molecule has 1 aromatic rings. The summed E-state index contributed by atoms with van der Waals surface area (Å²) in [6.45, 7) is 7.55. The minimum Gasteiger partial charge on any atom is -0.388 e. The van der Waals surface area contributed by atoms with E-state index in [-0.39, 0.29) is 11.5 Å². The smallest absolute Gasteiger partial charge is 0.388 e. The van der Waals surface area contributed by atoms with E-state index in [9.17, 15) is 23.1 Å². The molecule has 0 saturated carbocycles. The van der Waals surface area contributed by atoms with Crippen LogP contribution in [0.15, 0.2) is 30.3 Å². The molecule has 0 spiro atoms. The number of halogens is 3. The van der Waals surface area contributed by atoms with Crippen LogP contribution in [0.2, 0.25) is 0 Å². The number of unbranched alkanes of at least 4 members (excludes halogenated alkanes) is 2. The van der Waals surface area contributed by atoms with Crippen molar-refractivity contribution in [2.24, 2.45) is 5.92 Å². The summed E-state index contributed by atoms with van der Waals surface area (Å²) >= 11 is 0. The van der Waals surface area contributed by atoms with Gasteiger partial charge in [-0.15, -0.1) is 0 Å². The van der Waals surface area contributed by atoms with Crippen molar-refractivity contribution in [3.05, 3.63) is 35.9 Å². The molecular formula is C23H36F3NO3. The van der Waals surface area contributed by atoms with Crippen LogP contribution in [-0.2, 0) is 15.1 Å². The maximum atomic E-state index is 14.2. The van der Waals surface area contributed by atoms with Gasteiger partial charge in [-0.25, -0.2) is 0 Å². The first-order chi connectivity index (χ1) is 14.0.